The number of halogens is 3. The Morgan fingerprint density at radius 1 is 1.00 bits per heavy atom. The van der Waals surface area contributed by atoms with Crippen molar-refractivity contribution in [3.8, 4) is 23.0 Å². The molecule has 0 unspecified atom stereocenters. The monoisotopic (exact) mass is 489 g/mol. The van der Waals surface area contributed by atoms with Crippen LogP contribution in [0.3, 0.4) is 0 Å². The van der Waals surface area contributed by atoms with Gasteiger partial charge in [-0.3, -0.25) is 14.9 Å². The second-order valence-corrected chi connectivity index (χ2v) is 6.84. The van der Waals surface area contributed by atoms with Crippen molar-refractivity contribution in [2.45, 2.75) is 6.18 Å². The molecule has 0 heterocycles. The van der Waals surface area contributed by atoms with Crippen LogP contribution >= 0.6 is 0 Å². The van der Waals surface area contributed by atoms with E-state index < -0.39 is 34.0 Å². The predicted octanol–water partition coefficient (Wildman–Crippen LogP) is 5.19. The second-order valence-electron chi connectivity index (χ2n) is 6.84. The van der Waals surface area contributed by atoms with Gasteiger partial charge in [0.1, 0.15) is 17.2 Å². The standard InChI is InChI=1S/C23H18F3N3O6/c1-33-16-8-10-19(35-21-9-7-15(23(24,25)26)12-18(21)29(31)32)14(11-16)13-27-28-22(30)17-5-3-4-6-20(17)34-2/h3-13H,1-2H3,(H,28,30)/b27-13-. The second kappa shape index (κ2) is 10.5. The molecule has 0 fully saturated rings. The summed E-state index contributed by atoms with van der Waals surface area (Å²) in [5.74, 6) is -0.260. The summed E-state index contributed by atoms with van der Waals surface area (Å²) in [6.07, 6.45) is -3.57. The number of rotatable bonds is 8. The summed E-state index contributed by atoms with van der Waals surface area (Å²) in [6, 6.07) is 12.7. The number of hydrogen-bond donors (Lipinski definition) is 1. The highest BCUT2D eigenvalue weighted by molar-refractivity contribution is 5.97. The van der Waals surface area contributed by atoms with Crippen LogP contribution in [0.5, 0.6) is 23.0 Å². The normalized spacial score (nSPS) is 11.2. The van der Waals surface area contributed by atoms with Crippen LogP contribution < -0.4 is 19.6 Å². The van der Waals surface area contributed by atoms with Crippen molar-refractivity contribution in [1.82, 2.24) is 5.43 Å². The number of hydrazone groups is 1. The zero-order chi connectivity index (χ0) is 25.6. The molecule has 0 bridgehead atoms. The quantitative estimate of drug-likeness (QED) is 0.265. The first kappa shape index (κ1) is 25.0. The molecule has 0 aliphatic carbocycles. The zero-order valence-electron chi connectivity index (χ0n) is 18.3. The fourth-order valence-corrected chi connectivity index (χ4v) is 2.94. The molecule has 9 nitrogen and oxygen atoms in total. The maximum Gasteiger partial charge on any atom is 0.416 e. The molecule has 0 aliphatic heterocycles. The van der Waals surface area contributed by atoms with Gasteiger partial charge in [0.2, 0.25) is 5.75 Å². The van der Waals surface area contributed by atoms with E-state index in [0.717, 1.165) is 6.07 Å². The molecule has 0 spiro atoms. The number of hydrogen-bond acceptors (Lipinski definition) is 7. The highest BCUT2D eigenvalue weighted by Gasteiger charge is 2.33. The number of nitro groups is 1. The van der Waals surface area contributed by atoms with E-state index in [1.807, 2.05) is 0 Å². The van der Waals surface area contributed by atoms with E-state index >= 15 is 0 Å². The summed E-state index contributed by atoms with van der Waals surface area (Å²) in [4.78, 5) is 22.8. The number of nitrogens with one attached hydrogen (secondary N) is 1. The number of nitrogens with zero attached hydrogens (tertiary/aromatic N) is 2. The van der Waals surface area contributed by atoms with E-state index in [-0.39, 0.29) is 16.9 Å². The Hall–Kier alpha value is -4.61. The number of ether oxygens (including phenoxy) is 3. The first-order chi connectivity index (χ1) is 16.6. The molecule has 0 radical (unpaired) electrons. The Balaban J connectivity index is 1.90. The van der Waals surface area contributed by atoms with Crippen molar-refractivity contribution in [2.24, 2.45) is 5.10 Å². The lowest BCUT2D eigenvalue weighted by atomic mass is 10.1. The first-order valence-corrected chi connectivity index (χ1v) is 9.82. The lowest BCUT2D eigenvalue weighted by Crippen LogP contribution is -2.18. The molecule has 35 heavy (non-hydrogen) atoms. The van der Waals surface area contributed by atoms with Gasteiger partial charge in [0, 0.05) is 11.6 Å². The number of amides is 1. The Morgan fingerprint density at radius 2 is 1.71 bits per heavy atom. The van der Waals surface area contributed by atoms with E-state index in [9.17, 15) is 28.1 Å². The molecular weight excluding hydrogens is 471 g/mol. The molecule has 0 saturated carbocycles. The maximum atomic E-state index is 13.0. The van der Waals surface area contributed by atoms with Crippen LogP contribution in [0.25, 0.3) is 0 Å². The molecule has 1 N–H and O–H groups in total. The fourth-order valence-electron chi connectivity index (χ4n) is 2.94. The average Bonchev–Trinajstić information content (AvgIpc) is 2.84. The highest BCUT2D eigenvalue weighted by Crippen LogP contribution is 2.38. The number of carbonyl (C=O) groups excluding carboxylic acids is 1. The van der Waals surface area contributed by atoms with Crippen LogP contribution in [0.15, 0.2) is 65.8 Å². The third-order valence-corrected chi connectivity index (χ3v) is 4.64. The Morgan fingerprint density at radius 3 is 2.37 bits per heavy atom. The molecule has 0 saturated heterocycles. The van der Waals surface area contributed by atoms with Gasteiger partial charge in [-0.15, -0.1) is 0 Å². The predicted molar refractivity (Wildman–Crippen MR) is 119 cm³/mol. The van der Waals surface area contributed by atoms with Gasteiger partial charge in [0.25, 0.3) is 5.91 Å². The molecule has 3 aromatic carbocycles. The van der Waals surface area contributed by atoms with Gasteiger partial charge in [0.15, 0.2) is 0 Å². The van der Waals surface area contributed by atoms with Crippen molar-refractivity contribution in [1.29, 1.82) is 0 Å². The van der Waals surface area contributed by atoms with Crippen LogP contribution in [-0.4, -0.2) is 31.3 Å². The smallest absolute Gasteiger partial charge is 0.416 e. The lowest BCUT2D eigenvalue weighted by molar-refractivity contribution is -0.385. The largest absolute Gasteiger partial charge is 0.497 e. The lowest BCUT2D eigenvalue weighted by Gasteiger charge is -2.12. The minimum absolute atomic E-state index is 0.0175. The summed E-state index contributed by atoms with van der Waals surface area (Å²) < 4.78 is 54.8. The van der Waals surface area contributed by atoms with Crippen molar-refractivity contribution >= 4 is 17.8 Å². The number of nitro benzene ring substituents is 1. The number of methoxy groups -OCH3 is 2. The number of para-hydroxylation sites is 1. The van der Waals surface area contributed by atoms with Gasteiger partial charge in [-0.25, -0.2) is 5.43 Å². The van der Waals surface area contributed by atoms with Gasteiger partial charge < -0.3 is 14.2 Å². The summed E-state index contributed by atoms with van der Waals surface area (Å²) >= 11 is 0. The SMILES string of the molecule is COc1ccc(Oc2ccc(C(F)(F)F)cc2[N+](=O)[O-])c(/C=N\NC(=O)c2ccccc2OC)c1. The molecule has 182 valence electrons. The molecule has 0 aliphatic rings. The Kier molecular flexibility index (Phi) is 7.54. The van der Waals surface area contributed by atoms with Crippen LogP contribution in [-0.2, 0) is 6.18 Å². The van der Waals surface area contributed by atoms with E-state index in [2.05, 4.69) is 10.5 Å². The van der Waals surface area contributed by atoms with E-state index in [1.165, 1.54) is 44.7 Å². The van der Waals surface area contributed by atoms with Gasteiger partial charge in [-0.05, 0) is 42.5 Å². The molecule has 3 aromatic rings. The average molecular weight is 489 g/mol. The van der Waals surface area contributed by atoms with Crippen LogP contribution in [0, 0.1) is 10.1 Å². The number of carbonyl (C=O) groups is 1. The molecule has 12 heteroatoms. The zero-order valence-corrected chi connectivity index (χ0v) is 18.3. The van der Waals surface area contributed by atoms with E-state index in [0.29, 0.717) is 23.6 Å². The minimum atomic E-state index is -4.76. The van der Waals surface area contributed by atoms with Crippen molar-refractivity contribution in [2.75, 3.05) is 14.2 Å². The van der Waals surface area contributed by atoms with E-state index in [4.69, 9.17) is 14.2 Å². The first-order valence-electron chi connectivity index (χ1n) is 9.82. The molecule has 1 amide bonds. The Bertz CT molecular complexity index is 1280. The molecule has 0 aromatic heterocycles. The number of benzene rings is 3. The summed E-state index contributed by atoms with van der Waals surface area (Å²) in [5, 5.41) is 15.2. The summed E-state index contributed by atoms with van der Waals surface area (Å²) in [5.41, 5.74) is 0.718. The van der Waals surface area contributed by atoms with Gasteiger partial charge in [-0.1, -0.05) is 12.1 Å². The number of alkyl halides is 3. The third-order valence-electron chi connectivity index (χ3n) is 4.64. The van der Waals surface area contributed by atoms with Gasteiger partial charge in [-0.2, -0.15) is 18.3 Å². The van der Waals surface area contributed by atoms with Gasteiger partial charge in [0.05, 0.1) is 36.5 Å². The Labute approximate surface area is 196 Å². The third kappa shape index (κ3) is 6.05. The molecular formula is C23H18F3N3O6. The molecule has 0 atom stereocenters. The maximum absolute atomic E-state index is 13.0. The summed E-state index contributed by atoms with van der Waals surface area (Å²) in [6.45, 7) is 0. The van der Waals surface area contributed by atoms with Crippen molar-refractivity contribution in [3.63, 3.8) is 0 Å². The minimum Gasteiger partial charge on any atom is -0.497 e. The van der Waals surface area contributed by atoms with Crippen LogP contribution in [0.4, 0.5) is 18.9 Å². The highest BCUT2D eigenvalue weighted by atomic mass is 19.4. The van der Waals surface area contributed by atoms with Crippen LogP contribution in [0.2, 0.25) is 0 Å². The molecule has 3 rings (SSSR count). The van der Waals surface area contributed by atoms with Gasteiger partial charge >= 0.3 is 11.9 Å². The van der Waals surface area contributed by atoms with E-state index in [1.54, 1.807) is 18.2 Å². The topological polar surface area (TPSA) is 112 Å². The summed E-state index contributed by atoms with van der Waals surface area (Å²) in [7, 11) is 2.82. The van der Waals surface area contributed by atoms with Crippen molar-refractivity contribution in [3.05, 3.63) is 87.5 Å². The van der Waals surface area contributed by atoms with Crippen molar-refractivity contribution < 1.29 is 37.1 Å². The van der Waals surface area contributed by atoms with Crippen LogP contribution in [0.1, 0.15) is 21.5 Å². The fraction of sp³-hybridized carbons (Fsp3) is 0.130.